The van der Waals surface area contributed by atoms with Crippen molar-refractivity contribution in [3.05, 3.63) is 12.2 Å². The van der Waals surface area contributed by atoms with Gasteiger partial charge in [0.2, 0.25) is 0 Å². The Kier molecular flexibility index (Phi) is 5.41. The minimum Gasteiger partial charge on any atom is -0.319 e. The predicted molar refractivity (Wildman–Crippen MR) is 31.4 cm³/mol. The standard InChI is InChI=1S/C6H10F2O/c1-2-3-4-5-9-6(7)8/h3-4,6H,2,5H2,1H3/b4-3-. The van der Waals surface area contributed by atoms with Crippen LogP contribution in [-0.4, -0.2) is 13.2 Å². The Morgan fingerprint density at radius 3 is 2.56 bits per heavy atom. The second kappa shape index (κ2) is 5.69. The van der Waals surface area contributed by atoms with Gasteiger partial charge in [0.1, 0.15) is 0 Å². The fourth-order valence-electron chi connectivity index (χ4n) is 0.363. The lowest BCUT2D eigenvalue weighted by atomic mass is 10.4. The summed E-state index contributed by atoms with van der Waals surface area (Å²) in [4.78, 5) is 0. The highest BCUT2D eigenvalue weighted by molar-refractivity contribution is 4.79. The van der Waals surface area contributed by atoms with E-state index in [9.17, 15) is 8.78 Å². The average Bonchev–Trinajstić information content (AvgIpc) is 1.80. The van der Waals surface area contributed by atoms with E-state index >= 15 is 0 Å². The maximum Gasteiger partial charge on any atom is 0.345 e. The third kappa shape index (κ3) is 7.56. The monoisotopic (exact) mass is 136 g/mol. The molecule has 0 fully saturated rings. The summed E-state index contributed by atoms with van der Waals surface area (Å²) < 4.78 is 26.3. The first-order valence-corrected chi connectivity index (χ1v) is 2.82. The van der Waals surface area contributed by atoms with Crippen LogP contribution in [0.25, 0.3) is 0 Å². The summed E-state index contributed by atoms with van der Waals surface area (Å²) in [6, 6.07) is 0. The lowest BCUT2D eigenvalue weighted by Crippen LogP contribution is -1.97. The number of halogens is 2. The van der Waals surface area contributed by atoms with E-state index in [1.54, 1.807) is 12.2 Å². The Labute approximate surface area is 53.3 Å². The van der Waals surface area contributed by atoms with Gasteiger partial charge in [-0.05, 0) is 6.42 Å². The number of rotatable bonds is 4. The van der Waals surface area contributed by atoms with Crippen molar-refractivity contribution in [2.24, 2.45) is 0 Å². The SMILES string of the molecule is CC/C=C\COC(F)F. The van der Waals surface area contributed by atoms with E-state index in [1.807, 2.05) is 6.92 Å². The molecule has 0 unspecified atom stereocenters. The molecule has 0 saturated heterocycles. The third-order valence-electron chi connectivity index (χ3n) is 0.721. The normalized spacial score (nSPS) is 11.6. The molecule has 0 spiro atoms. The van der Waals surface area contributed by atoms with E-state index in [0.29, 0.717) is 0 Å². The zero-order valence-corrected chi connectivity index (χ0v) is 5.31. The van der Waals surface area contributed by atoms with Crippen LogP contribution in [-0.2, 0) is 4.74 Å². The number of hydrogen-bond donors (Lipinski definition) is 0. The first-order valence-electron chi connectivity index (χ1n) is 2.82. The fraction of sp³-hybridized carbons (Fsp3) is 0.667. The van der Waals surface area contributed by atoms with Gasteiger partial charge in [0, 0.05) is 0 Å². The number of allylic oxidation sites excluding steroid dienone is 1. The van der Waals surface area contributed by atoms with Crippen LogP contribution in [0.4, 0.5) is 8.78 Å². The molecule has 0 amide bonds. The van der Waals surface area contributed by atoms with Crippen molar-refractivity contribution in [2.75, 3.05) is 6.61 Å². The summed E-state index contributed by atoms with van der Waals surface area (Å²) in [5.74, 6) is 0. The molecule has 0 aromatic carbocycles. The molecular formula is C6H10F2O. The lowest BCUT2D eigenvalue weighted by Gasteiger charge is -1.94. The molecule has 1 nitrogen and oxygen atoms in total. The largest absolute Gasteiger partial charge is 0.345 e. The van der Waals surface area contributed by atoms with Crippen molar-refractivity contribution in [1.82, 2.24) is 0 Å². The van der Waals surface area contributed by atoms with Crippen LogP contribution in [0.2, 0.25) is 0 Å². The Morgan fingerprint density at radius 2 is 2.11 bits per heavy atom. The first kappa shape index (κ1) is 8.56. The molecule has 0 atom stereocenters. The maximum absolute atomic E-state index is 11.2. The summed E-state index contributed by atoms with van der Waals surface area (Å²) >= 11 is 0. The van der Waals surface area contributed by atoms with Gasteiger partial charge in [-0.2, -0.15) is 8.78 Å². The molecule has 0 radical (unpaired) electrons. The number of hydrogen-bond acceptors (Lipinski definition) is 1. The van der Waals surface area contributed by atoms with E-state index in [1.165, 1.54) is 0 Å². The molecule has 0 aromatic heterocycles. The van der Waals surface area contributed by atoms with E-state index in [0.717, 1.165) is 6.42 Å². The summed E-state index contributed by atoms with van der Waals surface area (Å²) in [5.41, 5.74) is 0. The molecule has 54 valence electrons. The van der Waals surface area contributed by atoms with E-state index in [4.69, 9.17) is 0 Å². The Morgan fingerprint density at radius 1 is 1.44 bits per heavy atom. The smallest absolute Gasteiger partial charge is 0.319 e. The van der Waals surface area contributed by atoms with Crippen molar-refractivity contribution in [1.29, 1.82) is 0 Å². The van der Waals surface area contributed by atoms with Crippen molar-refractivity contribution < 1.29 is 13.5 Å². The zero-order valence-electron chi connectivity index (χ0n) is 5.31. The predicted octanol–water partition coefficient (Wildman–Crippen LogP) is 2.19. The average molecular weight is 136 g/mol. The summed E-state index contributed by atoms with van der Waals surface area (Å²) in [6.07, 6.45) is 4.21. The summed E-state index contributed by atoms with van der Waals surface area (Å²) in [7, 11) is 0. The van der Waals surface area contributed by atoms with Gasteiger partial charge in [-0.3, -0.25) is 0 Å². The van der Waals surface area contributed by atoms with Gasteiger partial charge < -0.3 is 4.74 Å². The van der Waals surface area contributed by atoms with Gasteiger partial charge in [-0.25, -0.2) is 0 Å². The molecule has 0 aromatic rings. The maximum atomic E-state index is 11.2. The Hall–Kier alpha value is -0.440. The molecule has 0 bridgehead atoms. The van der Waals surface area contributed by atoms with E-state index in [-0.39, 0.29) is 6.61 Å². The zero-order chi connectivity index (χ0) is 7.11. The molecule has 0 aliphatic carbocycles. The van der Waals surface area contributed by atoms with Crippen LogP contribution in [0.5, 0.6) is 0 Å². The molecule has 3 heteroatoms. The molecule has 9 heavy (non-hydrogen) atoms. The number of ether oxygens (including phenoxy) is 1. The fourth-order valence-corrected chi connectivity index (χ4v) is 0.363. The van der Waals surface area contributed by atoms with Gasteiger partial charge in [0.05, 0.1) is 6.61 Å². The Balaban J connectivity index is 2.99. The van der Waals surface area contributed by atoms with Crippen molar-refractivity contribution in [3.63, 3.8) is 0 Å². The molecule has 0 aliphatic rings. The van der Waals surface area contributed by atoms with Gasteiger partial charge in [0.15, 0.2) is 0 Å². The van der Waals surface area contributed by atoms with Gasteiger partial charge in [0.25, 0.3) is 0 Å². The molecule has 0 saturated carbocycles. The van der Waals surface area contributed by atoms with Gasteiger partial charge >= 0.3 is 6.61 Å². The third-order valence-corrected chi connectivity index (χ3v) is 0.721. The second-order valence-corrected chi connectivity index (χ2v) is 1.47. The summed E-state index contributed by atoms with van der Waals surface area (Å²) in [5, 5.41) is 0. The highest BCUT2D eigenvalue weighted by Crippen LogP contribution is 1.93. The topological polar surface area (TPSA) is 9.23 Å². The van der Waals surface area contributed by atoms with E-state index in [2.05, 4.69) is 4.74 Å². The molecule has 0 aliphatic heterocycles. The highest BCUT2D eigenvalue weighted by atomic mass is 19.3. The molecule has 0 heterocycles. The minimum atomic E-state index is -2.65. The van der Waals surface area contributed by atoms with Crippen LogP contribution < -0.4 is 0 Å². The Bertz CT molecular complexity index is 81.1. The second-order valence-electron chi connectivity index (χ2n) is 1.47. The van der Waals surface area contributed by atoms with Crippen LogP contribution in [0, 0.1) is 0 Å². The van der Waals surface area contributed by atoms with Gasteiger partial charge in [-0.15, -0.1) is 0 Å². The molecule has 0 N–H and O–H groups in total. The van der Waals surface area contributed by atoms with Crippen LogP contribution in [0.1, 0.15) is 13.3 Å². The van der Waals surface area contributed by atoms with Crippen molar-refractivity contribution >= 4 is 0 Å². The van der Waals surface area contributed by atoms with Crippen molar-refractivity contribution in [2.45, 2.75) is 20.0 Å². The summed E-state index contributed by atoms with van der Waals surface area (Å²) in [6.45, 7) is -0.712. The highest BCUT2D eigenvalue weighted by Gasteiger charge is 1.96. The van der Waals surface area contributed by atoms with Crippen LogP contribution in [0.3, 0.4) is 0 Å². The number of alkyl halides is 2. The molecular weight excluding hydrogens is 126 g/mol. The van der Waals surface area contributed by atoms with E-state index < -0.39 is 6.61 Å². The lowest BCUT2D eigenvalue weighted by molar-refractivity contribution is -0.119. The van der Waals surface area contributed by atoms with Crippen LogP contribution >= 0.6 is 0 Å². The van der Waals surface area contributed by atoms with Gasteiger partial charge in [-0.1, -0.05) is 19.1 Å². The molecule has 0 rings (SSSR count). The van der Waals surface area contributed by atoms with Crippen LogP contribution in [0.15, 0.2) is 12.2 Å². The van der Waals surface area contributed by atoms with Crippen molar-refractivity contribution in [3.8, 4) is 0 Å². The minimum absolute atomic E-state index is 0.00546. The first-order chi connectivity index (χ1) is 4.27. The quantitative estimate of drug-likeness (QED) is 0.538.